The van der Waals surface area contributed by atoms with Gasteiger partial charge in [0.05, 0.1) is 0 Å². The minimum atomic E-state index is 0.687. The number of nitrogens with one attached hydrogen (secondary N) is 1. The average molecular weight is 271 g/mol. The average Bonchev–Trinajstić information content (AvgIpc) is 2.50. The molecule has 1 aromatic carbocycles. The van der Waals surface area contributed by atoms with Gasteiger partial charge in [-0.25, -0.2) is 0 Å². The van der Waals surface area contributed by atoms with Crippen LogP contribution in [0.2, 0.25) is 0 Å². The van der Waals surface area contributed by atoms with Crippen LogP contribution >= 0.6 is 0 Å². The van der Waals surface area contributed by atoms with Gasteiger partial charge in [-0.2, -0.15) is 0 Å². The van der Waals surface area contributed by atoms with Crippen LogP contribution in [-0.4, -0.2) is 13.1 Å². The molecule has 0 aromatic heterocycles. The highest BCUT2D eigenvalue weighted by Crippen LogP contribution is 2.29. The molecule has 1 nitrogen and oxygen atoms in total. The second kappa shape index (κ2) is 8.26. The van der Waals surface area contributed by atoms with Crippen molar-refractivity contribution in [2.75, 3.05) is 7.05 Å². The molecule has 2 atom stereocenters. The van der Waals surface area contributed by atoms with E-state index in [1.807, 2.05) is 6.08 Å². The summed E-state index contributed by atoms with van der Waals surface area (Å²) in [4.78, 5) is 0. The number of allylic oxidation sites excluding steroid dienone is 1. The first-order valence-corrected chi connectivity index (χ1v) is 8.20. The molecule has 0 fully saturated rings. The van der Waals surface area contributed by atoms with Crippen molar-refractivity contribution in [1.82, 2.24) is 5.32 Å². The van der Waals surface area contributed by atoms with Crippen LogP contribution in [0.15, 0.2) is 36.9 Å². The summed E-state index contributed by atoms with van der Waals surface area (Å²) in [7, 11) is 2.13. The zero-order valence-electron chi connectivity index (χ0n) is 12.9. The van der Waals surface area contributed by atoms with E-state index >= 15 is 0 Å². The molecule has 0 saturated carbocycles. The summed E-state index contributed by atoms with van der Waals surface area (Å²) in [6.45, 7) is 3.79. The van der Waals surface area contributed by atoms with Crippen LogP contribution in [0.5, 0.6) is 0 Å². The topological polar surface area (TPSA) is 12.0 Å². The van der Waals surface area contributed by atoms with Gasteiger partial charge in [0.1, 0.15) is 0 Å². The molecule has 2 unspecified atom stereocenters. The van der Waals surface area contributed by atoms with E-state index < -0.39 is 0 Å². The first-order chi connectivity index (χ1) is 9.85. The van der Waals surface area contributed by atoms with Crippen molar-refractivity contribution in [2.45, 2.75) is 57.4 Å². The molecular weight excluding hydrogens is 242 g/mol. The van der Waals surface area contributed by atoms with Crippen LogP contribution < -0.4 is 5.32 Å². The van der Waals surface area contributed by atoms with E-state index in [0.29, 0.717) is 6.04 Å². The van der Waals surface area contributed by atoms with Gasteiger partial charge in [0.15, 0.2) is 0 Å². The summed E-state index contributed by atoms with van der Waals surface area (Å²) in [6.07, 6.45) is 12.4. The normalized spacial score (nSPS) is 19.4. The first kappa shape index (κ1) is 15.3. The van der Waals surface area contributed by atoms with Crippen LogP contribution in [0.4, 0.5) is 0 Å². The van der Waals surface area contributed by atoms with Crippen molar-refractivity contribution in [1.29, 1.82) is 0 Å². The standard InChI is InChI=1S/C19H29N/c1-3-4-5-6-7-12-19(20-2)18-14-13-16-10-8-9-11-17(16)15-18/h3,8-11,18-20H,1,4-7,12-15H2,2H3. The summed E-state index contributed by atoms with van der Waals surface area (Å²) in [5.74, 6) is 0.814. The van der Waals surface area contributed by atoms with Crippen molar-refractivity contribution in [3.8, 4) is 0 Å². The fourth-order valence-corrected chi connectivity index (χ4v) is 3.51. The lowest BCUT2D eigenvalue weighted by molar-refractivity contribution is 0.312. The Kier molecular flexibility index (Phi) is 6.32. The summed E-state index contributed by atoms with van der Waals surface area (Å²) in [5, 5.41) is 3.57. The minimum absolute atomic E-state index is 0.687. The van der Waals surface area contributed by atoms with Crippen molar-refractivity contribution >= 4 is 0 Å². The van der Waals surface area contributed by atoms with Crippen molar-refractivity contribution in [3.63, 3.8) is 0 Å². The highest BCUT2D eigenvalue weighted by Gasteiger charge is 2.24. The Morgan fingerprint density at radius 3 is 2.80 bits per heavy atom. The molecule has 1 N–H and O–H groups in total. The number of hydrogen-bond acceptors (Lipinski definition) is 1. The van der Waals surface area contributed by atoms with Gasteiger partial charge in [-0.15, -0.1) is 6.58 Å². The molecule has 1 aliphatic carbocycles. The van der Waals surface area contributed by atoms with Gasteiger partial charge in [0.2, 0.25) is 0 Å². The maximum Gasteiger partial charge on any atom is 0.00956 e. The third-order valence-electron chi connectivity index (χ3n) is 4.75. The molecule has 1 heteroatoms. The predicted octanol–water partition coefficient (Wildman–Crippen LogP) is 4.52. The molecule has 0 heterocycles. The number of fused-ring (bicyclic) bond motifs is 1. The van der Waals surface area contributed by atoms with Crippen molar-refractivity contribution in [2.24, 2.45) is 5.92 Å². The largest absolute Gasteiger partial charge is 0.317 e. The van der Waals surface area contributed by atoms with E-state index in [9.17, 15) is 0 Å². The Hall–Kier alpha value is -1.08. The van der Waals surface area contributed by atoms with E-state index in [-0.39, 0.29) is 0 Å². The van der Waals surface area contributed by atoms with Gasteiger partial charge in [0, 0.05) is 6.04 Å². The molecule has 0 bridgehead atoms. The van der Waals surface area contributed by atoms with E-state index in [1.54, 1.807) is 11.1 Å². The zero-order chi connectivity index (χ0) is 14.2. The number of benzene rings is 1. The smallest absolute Gasteiger partial charge is 0.00956 e. The summed E-state index contributed by atoms with van der Waals surface area (Å²) in [6, 6.07) is 9.67. The summed E-state index contributed by atoms with van der Waals surface area (Å²) < 4.78 is 0. The molecule has 2 rings (SSSR count). The molecule has 0 amide bonds. The van der Waals surface area contributed by atoms with Crippen LogP contribution in [0, 0.1) is 5.92 Å². The lowest BCUT2D eigenvalue weighted by Crippen LogP contribution is -2.36. The number of aryl methyl sites for hydroxylation is 1. The first-order valence-electron chi connectivity index (χ1n) is 8.20. The minimum Gasteiger partial charge on any atom is -0.317 e. The van der Waals surface area contributed by atoms with Gasteiger partial charge >= 0.3 is 0 Å². The molecule has 1 aliphatic rings. The molecule has 110 valence electrons. The quantitative estimate of drug-likeness (QED) is 0.541. The second-order valence-corrected chi connectivity index (χ2v) is 6.09. The van der Waals surface area contributed by atoms with Crippen molar-refractivity contribution < 1.29 is 0 Å². The number of hydrogen-bond donors (Lipinski definition) is 1. The SMILES string of the molecule is C=CCCCCCC(NC)C1CCc2ccccc2C1. The molecule has 0 spiro atoms. The van der Waals surface area contributed by atoms with Gasteiger partial charge in [-0.05, 0) is 62.6 Å². The Morgan fingerprint density at radius 1 is 1.25 bits per heavy atom. The molecule has 1 aromatic rings. The molecule has 0 saturated heterocycles. The highest BCUT2D eigenvalue weighted by atomic mass is 14.9. The van der Waals surface area contributed by atoms with Crippen LogP contribution in [0.3, 0.4) is 0 Å². The summed E-state index contributed by atoms with van der Waals surface area (Å²) in [5.41, 5.74) is 3.15. The fourth-order valence-electron chi connectivity index (χ4n) is 3.51. The van der Waals surface area contributed by atoms with E-state index in [4.69, 9.17) is 0 Å². The van der Waals surface area contributed by atoms with Gasteiger partial charge in [-0.3, -0.25) is 0 Å². The molecule has 20 heavy (non-hydrogen) atoms. The predicted molar refractivity (Wildman–Crippen MR) is 88.1 cm³/mol. The lowest BCUT2D eigenvalue weighted by Gasteiger charge is -2.31. The monoisotopic (exact) mass is 271 g/mol. The van der Waals surface area contributed by atoms with E-state index in [0.717, 1.165) is 5.92 Å². The Bertz CT molecular complexity index is 410. The van der Waals surface area contributed by atoms with Crippen molar-refractivity contribution in [3.05, 3.63) is 48.0 Å². The number of rotatable bonds is 8. The van der Waals surface area contributed by atoms with Crippen LogP contribution in [-0.2, 0) is 12.8 Å². The lowest BCUT2D eigenvalue weighted by atomic mass is 9.78. The molecule has 0 aliphatic heterocycles. The van der Waals surface area contributed by atoms with Gasteiger partial charge in [-0.1, -0.05) is 43.2 Å². The van der Waals surface area contributed by atoms with Crippen LogP contribution in [0.25, 0.3) is 0 Å². The van der Waals surface area contributed by atoms with Crippen LogP contribution in [0.1, 0.15) is 49.7 Å². The zero-order valence-corrected chi connectivity index (χ0v) is 12.9. The van der Waals surface area contributed by atoms with Gasteiger partial charge < -0.3 is 5.32 Å². The Balaban J connectivity index is 1.82. The highest BCUT2D eigenvalue weighted by molar-refractivity contribution is 5.29. The van der Waals surface area contributed by atoms with E-state index in [2.05, 4.69) is 43.2 Å². The van der Waals surface area contributed by atoms with E-state index in [1.165, 1.54) is 51.4 Å². The fraction of sp³-hybridized carbons (Fsp3) is 0.579. The maximum atomic E-state index is 3.79. The Morgan fingerprint density at radius 2 is 2.05 bits per heavy atom. The second-order valence-electron chi connectivity index (χ2n) is 6.09. The molecule has 0 radical (unpaired) electrons. The van der Waals surface area contributed by atoms with Gasteiger partial charge in [0.25, 0.3) is 0 Å². The Labute approximate surface area is 124 Å². The third-order valence-corrected chi connectivity index (χ3v) is 4.75. The maximum absolute atomic E-state index is 3.79. The number of unbranched alkanes of at least 4 members (excludes halogenated alkanes) is 3. The molecular formula is C19H29N. The third kappa shape index (κ3) is 4.21. The summed E-state index contributed by atoms with van der Waals surface area (Å²) >= 11 is 0.